The van der Waals surface area contributed by atoms with Crippen molar-refractivity contribution in [2.24, 2.45) is 0 Å². The number of rotatable bonds is 8. The molecular weight excluding hydrogens is 272 g/mol. The fraction of sp³-hybridized carbons (Fsp3) is 0.533. The van der Waals surface area contributed by atoms with Crippen molar-refractivity contribution in [1.82, 2.24) is 4.72 Å². The van der Waals surface area contributed by atoms with E-state index in [0.29, 0.717) is 5.56 Å². The fourth-order valence-electron chi connectivity index (χ4n) is 2.00. The molecule has 0 saturated heterocycles. The van der Waals surface area contributed by atoms with Crippen LogP contribution < -0.4 is 4.72 Å². The van der Waals surface area contributed by atoms with Gasteiger partial charge in [-0.25, -0.2) is 13.1 Å². The highest BCUT2D eigenvalue weighted by molar-refractivity contribution is 7.89. The topological polar surface area (TPSA) is 70.0 Å². The smallest absolute Gasteiger partial charge is 0.208 e. The zero-order valence-corrected chi connectivity index (χ0v) is 12.9. The Hall–Kier alpha value is -1.38. The number of nitriles is 1. The van der Waals surface area contributed by atoms with E-state index in [-0.39, 0.29) is 10.9 Å². The van der Waals surface area contributed by atoms with Gasteiger partial charge in [0.05, 0.1) is 16.5 Å². The number of nitrogens with zero attached hydrogens (tertiary/aromatic N) is 1. The van der Waals surface area contributed by atoms with E-state index in [1.165, 1.54) is 25.0 Å². The lowest BCUT2D eigenvalue weighted by Crippen LogP contribution is -2.32. The maximum Gasteiger partial charge on any atom is 0.240 e. The SMILES string of the molecule is CCCCCCC(C)NS(=O)(=O)c1cccc(C#N)c1. The Kier molecular flexibility index (Phi) is 6.69. The molecule has 4 nitrogen and oxygen atoms in total. The van der Waals surface area contributed by atoms with Gasteiger partial charge in [-0.05, 0) is 31.5 Å². The standard InChI is InChI=1S/C15H22N2O2S/c1-3-4-5-6-8-13(2)17-20(18,19)15-10-7-9-14(11-15)12-16/h7,9-11,13,17H,3-6,8H2,1-2H3. The summed E-state index contributed by atoms with van der Waals surface area (Å²) in [6.07, 6.45) is 5.34. The van der Waals surface area contributed by atoms with Gasteiger partial charge in [0.1, 0.15) is 0 Å². The molecule has 1 unspecified atom stereocenters. The van der Waals surface area contributed by atoms with Crippen LogP contribution in [0.25, 0.3) is 0 Å². The zero-order valence-electron chi connectivity index (χ0n) is 12.1. The van der Waals surface area contributed by atoms with Crippen molar-refractivity contribution < 1.29 is 8.42 Å². The lowest BCUT2D eigenvalue weighted by molar-refractivity contribution is 0.522. The third-order valence-corrected chi connectivity index (χ3v) is 4.71. The van der Waals surface area contributed by atoms with Crippen molar-refractivity contribution >= 4 is 10.0 Å². The Morgan fingerprint density at radius 2 is 2.05 bits per heavy atom. The van der Waals surface area contributed by atoms with Crippen molar-refractivity contribution in [2.75, 3.05) is 0 Å². The van der Waals surface area contributed by atoms with Crippen LogP contribution in [0.2, 0.25) is 0 Å². The van der Waals surface area contributed by atoms with Gasteiger partial charge in [-0.2, -0.15) is 5.26 Å². The maximum absolute atomic E-state index is 12.2. The minimum atomic E-state index is -3.54. The van der Waals surface area contributed by atoms with Crippen molar-refractivity contribution in [3.05, 3.63) is 29.8 Å². The summed E-state index contributed by atoms with van der Waals surface area (Å²) in [7, 11) is -3.54. The van der Waals surface area contributed by atoms with E-state index < -0.39 is 10.0 Å². The quantitative estimate of drug-likeness (QED) is 0.748. The normalized spacial score (nSPS) is 12.8. The van der Waals surface area contributed by atoms with E-state index in [1.807, 2.05) is 13.0 Å². The van der Waals surface area contributed by atoms with E-state index in [0.717, 1.165) is 19.3 Å². The molecule has 110 valence electrons. The molecule has 1 aromatic rings. The minimum Gasteiger partial charge on any atom is -0.208 e. The van der Waals surface area contributed by atoms with Crippen LogP contribution in [0.1, 0.15) is 51.5 Å². The number of nitrogens with one attached hydrogen (secondary N) is 1. The Morgan fingerprint density at radius 3 is 2.70 bits per heavy atom. The molecule has 0 spiro atoms. The van der Waals surface area contributed by atoms with Gasteiger partial charge in [0.15, 0.2) is 0 Å². The number of benzene rings is 1. The van der Waals surface area contributed by atoms with Gasteiger partial charge in [-0.1, -0.05) is 38.7 Å². The van der Waals surface area contributed by atoms with Gasteiger partial charge >= 0.3 is 0 Å². The van der Waals surface area contributed by atoms with E-state index >= 15 is 0 Å². The second kappa shape index (κ2) is 8.03. The van der Waals surface area contributed by atoms with Crippen molar-refractivity contribution in [3.8, 4) is 6.07 Å². The molecule has 0 heterocycles. The van der Waals surface area contributed by atoms with Crippen LogP contribution in [0.5, 0.6) is 0 Å². The van der Waals surface area contributed by atoms with Gasteiger partial charge in [0.2, 0.25) is 10.0 Å². The number of unbranched alkanes of at least 4 members (excludes halogenated alkanes) is 3. The first-order chi connectivity index (χ1) is 9.49. The van der Waals surface area contributed by atoms with Gasteiger partial charge in [-0.3, -0.25) is 0 Å². The molecule has 1 N–H and O–H groups in total. The summed E-state index contributed by atoms with van der Waals surface area (Å²) < 4.78 is 27.0. The summed E-state index contributed by atoms with van der Waals surface area (Å²) >= 11 is 0. The predicted molar refractivity (Wildman–Crippen MR) is 79.7 cm³/mol. The molecule has 1 aromatic carbocycles. The number of hydrogen-bond acceptors (Lipinski definition) is 3. The van der Waals surface area contributed by atoms with Crippen molar-refractivity contribution in [1.29, 1.82) is 5.26 Å². The van der Waals surface area contributed by atoms with Crippen molar-refractivity contribution in [2.45, 2.75) is 56.9 Å². The zero-order chi connectivity index (χ0) is 15.0. The van der Waals surface area contributed by atoms with Crippen LogP contribution in [-0.4, -0.2) is 14.5 Å². The second-order valence-corrected chi connectivity index (χ2v) is 6.73. The Balaban J connectivity index is 2.62. The van der Waals surface area contributed by atoms with Crippen molar-refractivity contribution in [3.63, 3.8) is 0 Å². The molecule has 0 amide bonds. The lowest BCUT2D eigenvalue weighted by Gasteiger charge is -2.14. The van der Waals surface area contributed by atoms with Gasteiger partial charge in [-0.15, -0.1) is 0 Å². The molecule has 1 atom stereocenters. The van der Waals surface area contributed by atoms with Gasteiger partial charge in [0.25, 0.3) is 0 Å². The third kappa shape index (κ3) is 5.32. The molecule has 5 heteroatoms. The molecule has 0 aromatic heterocycles. The molecule has 0 saturated carbocycles. The van der Waals surface area contributed by atoms with E-state index in [4.69, 9.17) is 5.26 Å². The van der Waals surface area contributed by atoms with Crippen LogP contribution in [0.3, 0.4) is 0 Å². The Labute approximate surface area is 121 Å². The van der Waals surface area contributed by atoms with Crippen LogP contribution in [-0.2, 0) is 10.0 Å². The predicted octanol–water partition coefficient (Wildman–Crippen LogP) is 3.20. The monoisotopic (exact) mass is 294 g/mol. The molecular formula is C15H22N2O2S. The fourth-order valence-corrected chi connectivity index (χ4v) is 3.33. The average Bonchev–Trinajstić information content (AvgIpc) is 2.43. The summed E-state index contributed by atoms with van der Waals surface area (Å²) in [6, 6.07) is 7.93. The van der Waals surface area contributed by atoms with E-state index in [9.17, 15) is 8.42 Å². The molecule has 20 heavy (non-hydrogen) atoms. The minimum absolute atomic E-state index is 0.0948. The van der Waals surface area contributed by atoms with Gasteiger partial charge < -0.3 is 0 Å². The van der Waals surface area contributed by atoms with Crippen LogP contribution in [0, 0.1) is 11.3 Å². The van der Waals surface area contributed by atoms with Gasteiger partial charge in [0, 0.05) is 6.04 Å². The highest BCUT2D eigenvalue weighted by Crippen LogP contribution is 2.13. The summed E-state index contributed by atoms with van der Waals surface area (Å²) in [5.74, 6) is 0. The molecule has 0 bridgehead atoms. The lowest BCUT2D eigenvalue weighted by atomic mass is 10.1. The summed E-state index contributed by atoms with van der Waals surface area (Å²) in [6.45, 7) is 4.02. The first-order valence-corrected chi connectivity index (χ1v) is 8.50. The molecule has 0 fully saturated rings. The molecule has 0 aliphatic heterocycles. The molecule has 0 aliphatic carbocycles. The summed E-state index contributed by atoms with van der Waals surface area (Å²) in [5, 5.41) is 8.81. The molecule has 1 rings (SSSR count). The maximum atomic E-state index is 12.2. The van der Waals surface area contributed by atoms with E-state index in [2.05, 4.69) is 11.6 Å². The highest BCUT2D eigenvalue weighted by Gasteiger charge is 2.17. The molecule has 0 radical (unpaired) electrons. The molecule has 0 aliphatic rings. The van der Waals surface area contributed by atoms with Crippen LogP contribution in [0.4, 0.5) is 0 Å². The Bertz CT molecular complexity index is 561. The first kappa shape index (κ1) is 16.7. The highest BCUT2D eigenvalue weighted by atomic mass is 32.2. The number of sulfonamides is 1. The van der Waals surface area contributed by atoms with Crippen LogP contribution >= 0.6 is 0 Å². The first-order valence-electron chi connectivity index (χ1n) is 7.02. The number of hydrogen-bond donors (Lipinski definition) is 1. The summed E-state index contributed by atoms with van der Waals surface area (Å²) in [4.78, 5) is 0.150. The third-order valence-electron chi connectivity index (χ3n) is 3.12. The van der Waals surface area contributed by atoms with Crippen LogP contribution in [0.15, 0.2) is 29.2 Å². The largest absolute Gasteiger partial charge is 0.240 e. The van der Waals surface area contributed by atoms with E-state index in [1.54, 1.807) is 12.1 Å². The summed E-state index contributed by atoms with van der Waals surface area (Å²) in [5.41, 5.74) is 0.350. The second-order valence-electron chi connectivity index (χ2n) is 5.01. The average molecular weight is 294 g/mol. The Morgan fingerprint density at radius 1 is 1.30 bits per heavy atom.